The molecule has 2 heterocycles. The molecule has 1 aliphatic heterocycles. The third-order valence-corrected chi connectivity index (χ3v) is 5.97. The van der Waals surface area contributed by atoms with Crippen LogP contribution in [-0.2, 0) is 4.79 Å². The predicted octanol–water partition coefficient (Wildman–Crippen LogP) is 4.63. The first-order valence-electron chi connectivity index (χ1n) is 8.14. The predicted molar refractivity (Wildman–Crippen MR) is 106 cm³/mol. The van der Waals surface area contributed by atoms with Crippen LogP contribution in [-0.4, -0.2) is 22.0 Å². The van der Waals surface area contributed by atoms with Gasteiger partial charge in [0.15, 0.2) is 5.13 Å². The minimum absolute atomic E-state index is 0.0751. The Morgan fingerprint density at radius 2 is 2.00 bits per heavy atom. The summed E-state index contributed by atoms with van der Waals surface area (Å²) in [6, 6.07) is 11.2. The fraction of sp³-hybridized carbons (Fsp3) is 0.105. The molecule has 2 aromatic carbocycles. The topological polar surface area (TPSA) is 71.1 Å². The van der Waals surface area contributed by atoms with Crippen LogP contribution in [0.3, 0.4) is 0 Å². The Kier molecular flexibility index (Phi) is 4.67. The number of thiazole rings is 1. The molecule has 2 N–H and O–H groups in total. The molecule has 5 nitrogen and oxygen atoms in total. The van der Waals surface area contributed by atoms with E-state index in [0.717, 1.165) is 10.5 Å². The Hall–Kier alpha value is -2.71. The first-order chi connectivity index (χ1) is 13.0. The molecule has 8 heteroatoms. The van der Waals surface area contributed by atoms with Crippen molar-refractivity contribution >= 4 is 45.7 Å². The Morgan fingerprint density at radius 3 is 2.78 bits per heavy atom. The van der Waals surface area contributed by atoms with Gasteiger partial charge in [-0.15, -0.1) is 23.1 Å². The molecule has 1 atom stereocenters. The van der Waals surface area contributed by atoms with Gasteiger partial charge in [0.2, 0.25) is 5.91 Å². The van der Waals surface area contributed by atoms with Gasteiger partial charge in [0.25, 0.3) is 5.91 Å². The van der Waals surface area contributed by atoms with E-state index in [0.29, 0.717) is 22.1 Å². The lowest BCUT2D eigenvalue weighted by Crippen LogP contribution is -2.26. The zero-order valence-corrected chi connectivity index (χ0v) is 15.8. The molecule has 27 heavy (non-hydrogen) atoms. The average molecular weight is 399 g/mol. The van der Waals surface area contributed by atoms with Gasteiger partial charge in [-0.2, -0.15) is 0 Å². The molecule has 0 fully saturated rings. The van der Waals surface area contributed by atoms with Gasteiger partial charge in [-0.25, -0.2) is 9.37 Å². The summed E-state index contributed by atoms with van der Waals surface area (Å²) in [4.78, 5) is 29.7. The van der Waals surface area contributed by atoms with Crippen LogP contribution in [0.15, 0.2) is 52.7 Å². The van der Waals surface area contributed by atoms with Gasteiger partial charge < -0.3 is 5.32 Å². The number of anilines is 2. The summed E-state index contributed by atoms with van der Waals surface area (Å²) in [6.45, 7) is 1.84. The molecule has 3 aromatic rings. The van der Waals surface area contributed by atoms with Crippen molar-refractivity contribution < 1.29 is 14.0 Å². The Balaban J connectivity index is 1.51. The summed E-state index contributed by atoms with van der Waals surface area (Å²) in [6.07, 6.45) is 0. The van der Waals surface area contributed by atoms with E-state index in [-0.39, 0.29) is 22.9 Å². The zero-order valence-electron chi connectivity index (χ0n) is 14.2. The van der Waals surface area contributed by atoms with Crippen LogP contribution in [0.5, 0.6) is 0 Å². The third kappa shape index (κ3) is 3.72. The van der Waals surface area contributed by atoms with Crippen LogP contribution < -0.4 is 10.6 Å². The standard InChI is InChI=1S/C19H14FN3O2S2/c1-10-17(24)21-14-8-12(4-7-16(14)27-10)18(25)23-19-22-15(9-26-19)11-2-5-13(20)6-3-11/h2-10H,1H3,(H,21,24)(H,22,23,25). The van der Waals surface area contributed by atoms with Crippen LogP contribution in [0.4, 0.5) is 15.2 Å². The molecule has 1 aromatic heterocycles. The maximum atomic E-state index is 13.0. The number of aromatic nitrogens is 1. The highest BCUT2D eigenvalue weighted by atomic mass is 32.2. The van der Waals surface area contributed by atoms with Gasteiger partial charge in [0.05, 0.1) is 16.6 Å². The summed E-state index contributed by atoms with van der Waals surface area (Å²) >= 11 is 2.76. The van der Waals surface area contributed by atoms with E-state index in [1.54, 1.807) is 29.6 Å². The number of carbonyl (C=O) groups is 2. The average Bonchev–Trinajstić information content (AvgIpc) is 3.11. The highest BCUT2D eigenvalue weighted by Crippen LogP contribution is 2.36. The molecular formula is C19H14FN3O2S2. The van der Waals surface area contributed by atoms with Gasteiger partial charge in [-0.1, -0.05) is 0 Å². The van der Waals surface area contributed by atoms with Crippen molar-refractivity contribution in [2.45, 2.75) is 17.1 Å². The number of hydrogen-bond acceptors (Lipinski definition) is 5. The number of rotatable bonds is 3. The van der Waals surface area contributed by atoms with E-state index in [1.165, 1.54) is 35.2 Å². The highest BCUT2D eigenvalue weighted by Gasteiger charge is 2.24. The molecule has 4 rings (SSSR count). The summed E-state index contributed by atoms with van der Waals surface area (Å²) in [5.74, 6) is -0.695. The number of nitrogens with zero attached hydrogens (tertiary/aromatic N) is 1. The second-order valence-corrected chi connectivity index (χ2v) is 8.20. The fourth-order valence-corrected chi connectivity index (χ4v) is 4.25. The Morgan fingerprint density at radius 1 is 1.22 bits per heavy atom. The minimum Gasteiger partial charge on any atom is -0.324 e. The largest absolute Gasteiger partial charge is 0.324 e. The maximum Gasteiger partial charge on any atom is 0.257 e. The maximum absolute atomic E-state index is 13.0. The van der Waals surface area contributed by atoms with Crippen molar-refractivity contribution in [2.24, 2.45) is 0 Å². The molecule has 0 bridgehead atoms. The molecule has 0 spiro atoms. The Labute approximate surface area is 163 Å². The number of benzene rings is 2. The first kappa shape index (κ1) is 17.7. The van der Waals surface area contributed by atoms with E-state index in [1.807, 2.05) is 13.0 Å². The van der Waals surface area contributed by atoms with Gasteiger partial charge in [-0.3, -0.25) is 14.9 Å². The normalized spacial score (nSPS) is 15.8. The molecule has 1 aliphatic rings. The van der Waals surface area contributed by atoms with Gasteiger partial charge >= 0.3 is 0 Å². The minimum atomic E-state index is -0.311. The van der Waals surface area contributed by atoms with Gasteiger partial charge in [-0.05, 0) is 49.4 Å². The molecule has 136 valence electrons. The van der Waals surface area contributed by atoms with Crippen LogP contribution in [0, 0.1) is 5.82 Å². The van der Waals surface area contributed by atoms with Crippen molar-refractivity contribution in [1.29, 1.82) is 0 Å². The number of thioether (sulfide) groups is 1. The lowest BCUT2D eigenvalue weighted by atomic mass is 10.1. The monoisotopic (exact) mass is 399 g/mol. The summed E-state index contributed by atoms with van der Waals surface area (Å²) in [7, 11) is 0. The molecule has 0 saturated heterocycles. The van der Waals surface area contributed by atoms with E-state index in [9.17, 15) is 14.0 Å². The van der Waals surface area contributed by atoms with Crippen LogP contribution in [0.2, 0.25) is 0 Å². The second kappa shape index (κ2) is 7.13. The van der Waals surface area contributed by atoms with Crippen LogP contribution >= 0.6 is 23.1 Å². The molecular weight excluding hydrogens is 385 g/mol. The zero-order chi connectivity index (χ0) is 19.0. The van der Waals surface area contributed by atoms with Crippen LogP contribution in [0.1, 0.15) is 17.3 Å². The van der Waals surface area contributed by atoms with Gasteiger partial charge in [0.1, 0.15) is 5.82 Å². The summed E-state index contributed by atoms with van der Waals surface area (Å²) in [5, 5.41) is 7.67. The number of nitrogens with one attached hydrogen (secondary N) is 2. The quantitative estimate of drug-likeness (QED) is 0.673. The van der Waals surface area contributed by atoms with E-state index in [4.69, 9.17) is 0 Å². The number of halogens is 1. The summed E-state index contributed by atoms with van der Waals surface area (Å²) < 4.78 is 13.0. The second-order valence-electron chi connectivity index (χ2n) is 5.96. The molecule has 0 radical (unpaired) electrons. The first-order valence-corrected chi connectivity index (χ1v) is 9.90. The number of hydrogen-bond donors (Lipinski definition) is 2. The van der Waals surface area contributed by atoms with Crippen LogP contribution in [0.25, 0.3) is 11.3 Å². The summed E-state index contributed by atoms with van der Waals surface area (Å²) in [5.41, 5.74) is 2.51. The molecule has 2 amide bonds. The molecule has 1 unspecified atom stereocenters. The van der Waals surface area contributed by atoms with E-state index >= 15 is 0 Å². The van der Waals surface area contributed by atoms with Gasteiger partial charge in [0, 0.05) is 21.4 Å². The van der Waals surface area contributed by atoms with Crippen molar-refractivity contribution in [3.05, 3.63) is 59.2 Å². The smallest absolute Gasteiger partial charge is 0.257 e. The van der Waals surface area contributed by atoms with Crippen molar-refractivity contribution in [3.63, 3.8) is 0 Å². The van der Waals surface area contributed by atoms with Crippen molar-refractivity contribution in [3.8, 4) is 11.3 Å². The molecule has 0 saturated carbocycles. The van der Waals surface area contributed by atoms with E-state index in [2.05, 4.69) is 15.6 Å². The van der Waals surface area contributed by atoms with Crippen molar-refractivity contribution in [1.82, 2.24) is 4.98 Å². The fourth-order valence-electron chi connectivity index (χ4n) is 2.60. The lowest BCUT2D eigenvalue weighted by Gasteiger charge is -2.21. The SMILES string of the molecule is CC1Sc2ccc(C(=O)Nc3nc(-c4ccc(F)cc4)cs3)cc2NC1=O. The van der Waals surface area contributed by atoms with E-state index < -0.39 is 0 Å². The number of carbonyl (C=O) groups excluding carboxylic acids is 2. The van der Waals surface area contributed by atoms with Crippen molar-refractivity contribution in [2.75, 3.05) is 10.6 Å². The number of fused-ring (bicyclic) bond motifs is 1. The lowest BCUT2D eigenvalue weighted by molar-refractivity contribution is -0.115. The Bertz CT molecular complexity index is 1030. The third-order valence-electron chi connectivity index (χ3n) is 4.04. The highest BCUT2D eigenvalue weighted by molar-refractivity contribution is 8.00. The number of amides is 2. The molecule has 0 aliphatic carbocycles.